The number of nitriles is 1. The maximum absolute atomic E-state index is 11.3. The molecular formula is C11H13NO4. The predicted octanol–water partition coefficient (Wildman–Crippen LogP) is 1.14. The van der Waals surface area contributed by atoms with E-state index in [1.54, 1.807) is 6.08 Å². The van der Waals surface area contributed by atoms with E-state index in [2.05, 4.69) is 4.74 Å². The highest BCUT2D eigenvalue weighted by Crippen LogP contribution is 2.04. The first-order valence-corrected chi connectivity index (χ1v) is 4.76. The molecule has 0 heterocycles. The molecule has 16 heavy (non-hydrogen) atoms. The van der Waals surface area contributed by atoms with E-state index in [0.29, 0.717) is 6.42 Å². The van der Waals surface area contributed by atoms with Gasteiger partial charge < -0.3 is 4.74 Å². The van der Waals surface area contributed by atoms with Gasteiger partial charge in [0.1, 0.15) is 0 Å². The monoisotopic (exact) mass is 223 g/mol. The van der Waals surface area contributed by atoms with Gasteiger partial charge in [-0.15, -0.1) is 0 Å². The number of carbonyl (C=O) groups is 3. The molecule has 86 valence electrons. The normalized spacial score (nSPS) is 12.5. The Morgan fingerprint density at radius 2 is 1.94 bits per heavy atom. The zero-order chi connectivity index (χ0) is 12.7. The molecule has 0 aromatic rings. The first-order valence-electron chi connectivity index (χ1n) is 4.76. The van der Waals surface area contributed by atoms with Gasteiger partial charge >= 0.3 is 11.9 Å². The Morgan fingerprint density at radius 1 is 1.38 bits per heavy atom. The molecule has 1 unspecified atom stereocenters. The van der Waals surface area contributed by atoms with Gasteiger partial charge in [0.05, 0.1) is 6.07 Å². The summed E-state index contributed by atoms with van der Waals surface area (Å²) < 4.78 is 4.39. The molecule has 0 spiro atoms. The minimum absolute atomic E-state index is 0.274. The quantitative estimate of drug-likeness (QED) is 0.405. The highest BCUT2D eigenvalue weighted by Gasteiger charge is 2.27. The van der Waals surface area contributed by atoms with E-state index >= 15 is 0 Å². The minimum Gasteiger partial charge on any atom is -0.388 e. The molecule has 0 radical (unpaired) electrons. The zero-order valence-electron chi connectivity index (χ0n) is 9.44. The molecule has 1 atom stereocenters. The summed E-state index contributed by atoms with van der Waals surface area (Å²) in [6.45, 7) is 4.41. The van der Waals surface area contributed by atoms with Crippen LogP contribution in [0.15, 0.2) is 11.6 Å². The average molecular weight is 223 g/mol. The molecule has 0 aromatic heterocycles. The number of allylic oxidation sites excluding steroid dienone is 1. The number of hydrogen-bond donors (Lipinski definition) is 0. The molecule has 0 aliphatic heterocycles. The Kier molecular flexibility index (Phi) is 5.71. The van der Waals surface area contributed by atoms with Crippen molar-refractivity contribution in [3.63, 3.8) is 0 Å². The van der Waals surface area contributed by atoms with Crippen LogP contribution in [0, 0.1) is 17.2 Å². The molecular weight excluding hydrogens is 210 g/mol. The van der Waals surface area contributed by atoms with Crippen molar-refractivity contribution in [1.29, 1.82) is 5.26 Å². The van der Waals surface area contributed by atoms with Crippen LogP contribution in [0.5, 0.6) is 0 Å². The largest absolute Gasteiger partial charge is 0.388 e. The van der Waals surface area contributed by atoms with Gasteiger partial charge in [-0.2, -0.15) is 5.26 Å². The lowest BCUT2D eigenvalue weighted by Gasteiger charge is -2.05. The fourth-order valence-electron chi connectivity index (χ4n) is 0.930. The van der Waals surface area contributed by atoms with Crippen LogP contribution in [0.25, 0.3) is 0 Å². The van der Waals surface area contributed by atoms with Crippen LogP contribution in [0.4, 0.5) is 0 Å². The lowest BCUT2D eigenvalue weighted by Crippen LogP contribution is -2.25. The second-order valence-electron chi connectivity index (χ2n) is 3.18. The first kappa shape index (κ1) is 14.0. The third kappa shape index (κ3) is 4.05. The lowest BCUT2D eigenvalue weighted by atomic mass is 10.1. The summed E-state index contributed by atoms with van der Waals surface area (Å²) in [5.41, 5.74) is 0.274. The van der Waals surface area contributed by atoms with Crippen molar-refractivity contribution >= 4 is 17.7 Å². The summed E-state index contributed by atoms with van der Waals surface area (Å²) in [6.07, 6.45) is 2.22. The number of Topliss-reactive ketones (excluding diaryl/α,β-unsaturated/α-hetero) is 1. The molecule has 0 amide bonds. The van der Waals surface area contributed by atoms with Crippen molar-refractivity contribution in [3.05, 3.63) is 11.6 Å². The van der Waals surface area contributed by atoms with Crippen molar-refractivity contribution in [3.8, 4) is 6.07 Å². The summed E-state index contributed by atoms with van der Waals surface area (Å²) in [6, 6.07) is 1.48. The molecule has 5 nitrogen and oxygen atoms in total. The van der Waals surface area contributed by atoms with Crippen molar-refractivity contribution < 1.29 is 19.1 Å². The second kappa shape index (κ2) is 6.51. The standard InChI is InChI=1S/C11H13NO4/c1-4-5-7(2)10(14)16-11(15)9(6-12)8(3)13/h5,9H,4H2,1-3H3/b7-5+. The number of hydrogen-bond acceptors (Lipinski definition) is 5. The van der Waals surface area contributed by atoms with E-state index in [9.17, 15) is 14.4 Å². The number of carbonyl (C=O) groups excluding carboxylic acids is 3. The molecule has 0 bridgehead atoms. The molecule has 0 aliphatic carbocycles. The summed E-state index contributed by atoms with van der Waals surface area (Å²) in [4.78, 5) is 33.3. The Morgan fingerprint density at radius 3 is 2.31 bits per heavy atom. The highest BCUT2D eigenvalue weighted by molar-refractivity contribution is 6.05. The van der Waals surface area contributed by atoms with Gasteiger partial charge in [-0.25, -0.2) is 9.59 Å². The fraction of sp³-hybridized carbons (Fsp3) is 0.455. The Hall–Kier alpha value is -1.96. The molecule has 0 saturated carbocycles. The molecule has 0 rings (SSSR count). The van der Waals surface area contributed by atoms with Crippen LogP contribution in [0.2, 0.25) is 0 Å². The van der Waals surface area contributed by atoms with Gasteiger partial charge in [0.2, 0.25) is 5.92 Å². The van der Waals surface area contributed by atoms with E-state index in [0.717, 1.165) is 6.92 Å². The second-order valence-corrected chi connectivity index (χ2v) is 3.18. The molecule has 0 fully saturated rings. The van der Waals surface area contributed by atoms with Crippen LogP contribution in [0.3, 0.4) is 0 Å². The van der Waals surface area contributed by atoms with Crippen LogP contribution >= 0.6 is 0 Å². The van der Waals surface area contributed by atoms with E-state index in [-0.39, 0.29) is 5.57 Å². The molecule has 5 heteroatoms. The van der Waals surface area contributed by atoms with Gasteiger partial charge in [-0.3, -0.25) is 4.79 Å². The summed E-state index contributed by atoms with van der Waals surface area (Å²) in [5.74, 6) is -4.12. The molecule has 0 saturated heterocycles. The topological polar surface area (TPSA) is 84.2 Å². The number of ketones is 1. The third-order valence-electron chi connectivity index (χ3n) is 1.80. The highest BCUT2D eigenvalue weighted by atomic mass is 16.6. The van der Waals surface area contributed by atoms with Gasteiger partial charge in [-0.05, 0) is 20.3 Å². The van der Waals surface area contributed by atoms with Crippen molar-refractivity contribution in [2.45, 2.75) is 27.2 Å². The van der Waals surface area contributed by atoms with Crippen LogP contribution in [-0.4, -0.2) is 17.7 Å². The van der Waals surface area contributed by atoms with E-state index in [1.807, 2.05) is 6.92 Å². The Bertz CT molecular complexity index is 376. The van der Waals surface area contributed by atoms with Gasteiger partial charge in [0.25, 0.3) is 0 Å². The van der Waals surface area contributed by atoms with Crippen LogP contribution in [-0.2, 0) is 19.1 Å². The number of nitrogens with zero attached hydrogens (tertiary/aromatic N) is 1. The van der Waals surface area contributed by atoms with Crippen LogP contribution in [0.1, 0.15) is 27.2 Å². The molecule has 0 aliphatic rings. The van der Waals surface area contributed by atoms with Crippen LogP contribution < -0.4 is 0 Å². The number of esters is 2. The Balaban J connectivity index is 4.59. The number of rotatable bonds is 4. The predicted molar refractivity (Wildman–Crippen MR) is 54.9 cm³/mol. The average Bonchev–Trinajstić information content (AvgIpc) is 2.18. The van der Waals surface area contributed by atoms with Crippen molar-refractivity contribution in [1.82, 2.24) is 0 Å². The third-order valence-corrected chi connectivity index (χ3v) is 1.80. The molecule has 0 aromatic carbocycles. The van der Waals surface area contributed by atoms with E-state index in [1.165, 1.54) is 13.0 Å². The van der Waals surface area contributed by atoms with Gasteiger partial charge in [-0.1, -0.05) is 13.0 Å². The summed E-state index contributed by atoms with van der Waals surface area (Å²) in [7, 11) is 0. The van der Waals surface area contributed by atoms with E-state index < -0.39 is 23.6 Å². The minimum atomic E-state index is -1.53. The summed E-state index contributed by atoms with van der Waals surface area (Å²) >= 11 is 0. The maximum atomic E-state index is 11.3. The fourth-order valence-corrected chi connectivity index (χ4v) is 0.930. The van der Waals surface area contributed by atoms with Gasteiger partial charge in [0.15, 0.2) is 5.78 Å². The smallest absolute Gasteiger partial charge is 0.341 e. The number of ether oxygens (including phenoxy) is 1. The zero-order valence-corrected chi connectivity index (χ0v) is 9.44. The van der Waals surface area contributed by atoms with E-state index in [4.69, 9.17) is 5.26 Å². The lowest BCUT2D eigenvalue weighted by molar-refractivity contribution is -0.159. The molecule has 0 N–H and O–H groups in total. The van der Waals surface area contributed by atoms with Crippen molar-refractivity contribution in [2.75, 3.05) is 0 Å². The first-order chi connectivity index (χ1) is 7.43. The van der Waals surface area contributed by atoms with Gasteiger partial charge in [0, 0.05) is 5.57 Å². The Labute approximate surface area is 93.7 Å². The van der Waals surface area contributed by atoms with Crippen molar-refractivity contribution in [2.24, 2.45) is 5.92 Å². The summed E-state index contributed by atoms with van der Waals surface area (Å²) in [5, 5.41) is 8.52. The SMILES string of the molecule is CC/C=C(\C)C(=O)OC(=O)C(C#N)C(C)=O. The maximum Gasteiger partial charge on any atom is 0.341 e.